The summed E-state index contributed by atoms with van der Waals surface area (Å²) in [5.74, 6) is 0.666. The van der Waals surface area contributed by atoms with E-state index in [0.29, 0.717) is 5.82 Å². The van der Waals surface area contributed by atoms with Crippen molar-refractivity contribution in [2.24, 2.45) is 0 Å². The Morgan fingerprint density at radius 1 is 1.14 bits per heavy atom. The van der Waals surface area contributed by atoms with Gasteiger partial charge in [-0.3, -0.25) is 4.98 Å². The second-order valence-electron chi connectivity index (χ2n) is 4.63. The van der Waals surface area contributed by atoms with Gasteiger partial charge in [0.1, 0.15) is 5.69 Å². The van der Waals surface area contributed by atoms with E-state index in [9.17, 15) is 0 Å². The van der Waals surface area contributed by atoms with Crippen molar-refractivity contribution in [2.75, 3.05) is 0 Å². The molecule has 0 unspecified atom stereocenters. The third kappa shape index (κ3) is 2.00. The topological polar surface area (TPSA) is 56.0 Å². The summed E-state index contributed by atoms with van der Waals surface area (Å²) in [7, 11) is 0. The fraction of sp³-hybridized carbons (Fsp3) is 0.0667. The standard InChI is InChI=1S/C15H11N5S/c1-10-12(9-11-5-4-8-21-11)14-17-18-15(20(14)19-10)13-6-2-3-7-16-13/h2-9H,1H3/b12-9+. The summed E-state index contributed by atoms with van der Waals surface area (Å²) >= 11 is 1.69. The van der Waals surface area contributed by atoms with Crippen molar-refractivity contribution in [3.63, 3.8) is 0 Å². The van der Waals surface area contributed by atoms with E-state index in [1.165, 1.54) is 4.88 Å². The quantitative estimate of drug-likeness (QED) is 0.568. The largest absolute Gasteiger partial charge is 0.253 e. The summed E-state index contributed by atoms with van der Waals surface area (Å²) in [6, 6.07) is 9.81. The molecule has 4 aromatic heterocycles. The Bertz CT molecular complexity index is 941. The number of fused-ring (bicyclic) bond motifs is 1. The van der Waals surface area contributed by atoms with E-state index >= 15 is 0 Å². The number of rotatable bonds is 2. The molecule has 0 fully saturated rings. The van der Waals surface area contributed by atoms with Crippen LogP contribution in [0.25, 0.3) is 23.2 Å². The van der Waals surface area contributed by atoms with Gasteiger partial charge < -0.3 is 0 Å². The highest BCUT2D eigenvalue weighted by atomic mass is 32.1. The highest BCUT2D eigenvalue weighted by molar-refractivity contribution is 7.10. The van der Waals surface area contributed by atoms with Crippen LogP contribution in [0.1, 0.15) is 10.6 Å². The van der Waals surface area contributed by atoms with Gasteiger partial charge in [0.05, 0.1) is 5.69 Å². The van der Waals surface area contributed by atoms with Gasteiger partial charge in [0.15, 0.2) is 5.65 Å². The van der Waals surface area contributed by atoms with E-state index in [0.717, 1.165) is 22.3 Å². The van der Waals surface area contributed by atoms with Crippen LogP contribution in [0.4, 0.5) is 0 Å². The van der Waals surface area contributed by atoms with Crippen LogP contribution >= 0.6 is 11.3 Å². The lowest BCUT2D eigenvalue weighted by atomic mass is 10.3. The van der Waals surface area contributed by atoms with Crippen molar-refractivity contribution in [2.45, 2.75) is 6.92 Å². The predicted molar refractivity (Wildman–Crippen MR) is 81.9 cm³/mol. The molecule has 0 aliphatic rings. The summed E-state index contributed by atoms with van der Waals surface area (Å²) in [5, 5.41) is 16.1. The number of aromatic nitrogens is 5. The maximum atomic E-state index is 4.56. The maximum Gasteiger partial charge on any atom is 0.203 e. The normalized spacial score (nSPS) is 12.3. The van der Waals surface area contributed by atoms with Crippen molar-refractivity contribution >= 4 is 23.1 Å². The van der Waals surface area contributed by atoms with Gasteiger partial charge in [-0.1, -0.05) is 12.1 Å². The molecule has 0 N–H and O–H groups in total. The molecule has 0 atom stereocenters. The monoisotopic (exact) mass is 293 g/mol. The average molecular weight is 293 g/mol. The minimum absolute atomic E-state index is 0.666. The Hall–Kier alpha value is -2.60. The molecule has 0 aromatic carbocycles. The lowest BCUT2D eigenvalue weighted by Gasteiger charge is -1.93. The molecule has 0 saturated heterocycles. The number of thiophene rings is 1. The van der Waals surface area contributed by atoms with E-state index in [1.807, 2.05) is 31.2 Å². The molecular weight excluding hydrogens is 282 g/mol. The fourth-order valence-electron chi connectivity index (χ4n) is 2.25. The smallest absolute Gasteiger partial charge is 0.203 e. The second kappa shape index (κ2) is 4.75. The molecule has 0 aliphatic heterocycles. The van der Waals surface area contributed by atoms with Gasteiger partial charge in [-0.25, -0.2) is 0 Å². The molecule has 0 bridgehead atoms. The Morgan fingerprint density at radius 2 is 2.10 bits per heavy atom. The second-order valence-corrected chi connectivity index (χ2v) is 5.61. The highest BCUT2D eigenvalue weighted by Gasteiger charge is 2.14. The van der Waals surface area contributed by atoms with Crippen LogP contribution in [-0.4, -0.2) is 24.8 Å². The minimum atomic E-state index is 0.666. The molecule has 0 aliphatic carbocycles. The fourth-order valence-corrected chi connectivity index (χ4v) is 2.90. The molecular formula is C15H11N5S. The summed E-state index contributed by atoms with van der Waals surface area (Å²) in [4.78, 5) is 5.49. The van der Waals surface area contributed by atoms with Crippen molar-refractivity contribution in [1.29, 1.82) is 0 Å². The first-order chi connectivity index (χ1) is 10.3. The molecule has 5 nitrogen and oxygen atoms in total. The van der Waals surface area contributed by atoms with E-state index < -0.39 is 0 Å². The van der Waals surface area contributed by atoms with Gasteiger partial charge in [0, 0.05) is 16.3 Å². The Kier molecular flexibility index (Phi) is 2.75. The van der Waals surface area contributed by atoms with Crippen LogP contribution in [0.2, 0.25) is 0 Å². The zero-order valence-corrected chi connectivity index (χ0v) is 12.1. The van der Waals surface area contributed by atoms with Crippen LogP contribution in [0.15, 0.2) is 41.9 Å². The summed E-state index contributed by atoms with van der Waals surface area (Å²) < 4.78 is 1.76. The van der Waals surface area contributed by atoms with Crippen LogP contribution in [0, 0.1) is 6.92 Å². The minimum Gasteiger partial charge on any atom is -0.253 e. The first-order valence-electron chi connectivity index (χ1n) is 6.51. The Labute approximate surface area is 124 Å². The summed E-state index contributed by atoms with van der Waals surface area (Å²) in [6.45, 7) is 1.98. The SMILES string of the molecule is Cc1nn2c(-c3ccccn3)nnc2/c1=C/c1cccs1. The van der Waals surface area contributed by atoms with E-state index in [2.05, 4.69) is 37.8 Å². The Balaban J connectivity index is 1.96. The lowest BCUT2D eigenvalue weighted by molar-refractivity contribution is 0.930. The first kappa shape index (κ1) is 12.2. The number of hydrogen-bond donors (Lipinski definition) is 0. The molecule has 4 heterocycles. The zero-order chi connectivity index (χ0) is 14.2. The molecule has 4 aromatic rings. The van der Waals surface area contributed by atoms with Crippen molar-refractivity contribution in [3.05, 3.63) is 57.7 Å². The van der Waals surface area contributed by atoms with E-state index in [-0.39, 0.29) is 0 Å². The van der Waals surface area contributed by atoms with Crippen molar-refractivity contribution < 1.29 is 0 Å². The third-order valence-electron chi connectivity index (χ3n) is 3.25. The summed E-state index contributed by atoms with van der Waals surface area (Å²) in [6.07, 6.45) is 3.84. The predicted octanol–water partition coefficient (Wildman–Crippen LogP) is 2.10. The van der Waals surface area contributed by atoms with Gasteiger partial charge in [0.25, 0.3) is 0 Å². The van der Waals surface area contributed by atoms with Crippen LogP contribution in [-0.2, 0) is 0 Å². The van der Waals surface area contributed by atoms with Gasteiger partial charge in [0.2, 0.25) is 5.82 Å². The molecule has 4 rings (SSSR count). The first-order valence-corrected chi connectivity index (χ1v) is 7.39. The third-order valence-corrected chi connectivity index (χ3v) is 4.06. The lowest BCUT2D eigenvalue weighted by Crippen LogP contribution is -2.02. The average Bonchev–Trinajstić information content (AvgIpc) is 3.20. The maximum absolute atomic E-state index is 4.56. The van der Waals surface area contributed by atoms with E-state index in [4.69, 9.17) is 0 Å². The number of nitrogens with zero attached hydrogens (tertiary/aromatic N) is 5. The zero-order valence-electron chi connectivity index (χ0n) is 11.3. The molecule has 0 amide bonds. The van der Waals surface area contributed by atoms with Crippen molar-refractivity contribution in [3.8, 4) is 11.5 Å². The number of hydrogen-bond acceptors (Lipinski definition) is 5. The van der Waals surface area contributed by atoms with Crippen molar-refractivity contribution in [1.82, 2.24) is 24.8 Å². The molecule has 0 saturated carbocycles. The molecule has 0 spiro atoms. The van der Waals surface area contributed by atoms with Gasteiger partial charge in [-0.2, -0.15) is 9.61 Å². The molecule has 102 valence electrons. The molecule has 21 heavy (non-hydrogen) atoms. The van der Waals surface area contributed by atoms with Gasteiger partial charge >= 0.3 is 0 Å². The molecule has 6 heteroatoms. The highest BCUT2D eigenvalue weighted by Crippen LogP contribution is 2.14. The number of aryl methyl sites for hydroxylation is 1. The molecule has 0 radical (unpaired) electrons. The van der Waals surface area contributed by atoms with Crippen LogP contribution in [0.3, 0.4) is 0 Å². The van der Waals surface area contributed by atoms with Gasteiger partial charge in [-0.05, 0) is 36.6 Å². The van der Waals surface area contributed by atoms with E-state index in [1.54, 1.807) is 22.0 Å². The summed E-state index contributed by atoms with van der Waals surface area (Å²) in [5.41, 5.74) is 2.47. The van der Waals surface area contributed by atoms with Crippen LogP contribution in [0.5, 0.6) is 0 Å². The van der Waals surface area contributed by atoms with Gasteiger partial charge in [-0.15, -0.1) is 21.5 Å². The number of pyridine rings is 1. The Morgan fingerprint density at radius 3 is 2.86 bits per heavy atom. The van der Waals surface area contributed by atoms with Crippen LogP contribution < -0.4 is 5.22 Å².